The molecule has 0 aromatic carbocycles. The molecule has 90 valence electrons. The molecule has 0 aliphatic rings. The lowest BCUT2D eigenvalue weighted by Gasteiger charge is -2.06. The molecule has 0 aliphatic carbocycles. The fraction of sp³-hybridized carbons (Fsp3) is 0.364. The Hall–Kier alpha value is -1.69. The van der Waals surface area contributed by atoms with E-state index in [0.29, 0.717) is 0 Å². The Labute approximate surface area is 104 Å². The minimum absolute atomic E-state index is 0.826. The number of nitrogens with zero attached hydrogens (tertiary/aromatic N) is 3. The number of hydrogen-bond donors (Lipinski definition) is 2. The lowest BCUT2D eigenvalue weighted by molar-refractivity contribution is 0.964. The van der Waals surface area contributed by atoms with Gasteiger partial charge in [0.15, 0.2) is 0 Å². The highest BCUT2D eigenvalue weighted by molar-refractivity contribution is 7.07. The fourth-order valence-electron chi connectivity index (χ4n) is 1.41. The predicted molar refractivity (Wildman–Crippen MR) is 70.5 cm³/mol. The number of aromatic nitrogens is 3. The summed E-state index contributed by atoms with van der Waals surface area (Å²) in [7, 11) is 0. The van der Waals surface area contributed by atoms with E-state index in [1.807, 2.05) is 18.5 Å². The zero-order valence-corrected chi connectivity index (χ0v) is 10.5. The first-order chi connectivity index (χ1) is 8.38. The van der Waals surface area contributed by atoms with E-state index in [1.165, 1.54) is 0 Å². The summed E-state index contributed by atoms with van der Waals surface area (Å²) in [5.41, 5.74) is 2.96. The lowest BCUT2D eigenvalue weighted by Crippen LogP contribution is -2.08. The molecular weight excluding hydrogens is 234 g/mol. The molecule has 2 aromatic rings. The summed E-state index contributed by atoms with van der Waals surface area (Å²) in [4.78, 5) is 12.5. The molecule has 6 heteroatoms. The Morgan fingerprint density at radius 1 is 1.18 bits per heavy atom. The van der Waals surface area contributed by atoms with Crippen LogP contribution in [0.4, 0.5) is 11.6 Å². The molecule has 2 rings (SSSR count). The normalized spacial score (nSPS) is 10.2. The van der Waals surface area contributed by atoms with E-state index in [9.17, 15) is 0 Å². The van der Waals surface area contributed by atoms with E-state index < -0.39 is 0 Å². The third-order valence-corrected chi connectivity index (χ3v) is 2.83. The molecule has 0 radical (unpaired) electrons. The number of hydrogen-bond acceptors (Lipinski definition) is 6. The maximum absolute atomic E-state index is 4.23. The van der Waals surface area contributed by atoms with Gasteiger partial charge in [0.1, 0.15) is 18.0 Å². The first kappa shape index (κ1) is 11.8. The molecule has 0 unspecified atom stereocenters. The van der Waals surface area contributed by atoms with Gasteiger partial charge in [0.05, 0.1) is 11.2 Å². The van der Waals surface area contributed by atoms with Crippen molar-refractivity contribution in [2.45, 2.75) is 13.3 Å². The van der Waals surface area contributed by atoms with Crippen LogP contribution in [0, 0.1) is 0 Å². The lowest BCUT2D eigenvalue weighted by atomic mass is 10.3. The zero-order valence-electron chi connectivity index (χ0n) is 9.68. The van der Waals surface area contributed by atoms with Gasteiger partial charge in [0.2, 0.25) is 0 Å². The highest BCUT2D eigenvalue weighted by Gasteiger charge is 1.98. The minimum Gasteiger partial charge on any atom is -0.370 e. The van der Waals surface area contributed by atoms with Gasteiger partial charge in [0, 0.05) is 31.0 Å². The number of thiazole rings is 1. The summed E-state index contributed by atoms with van der Waals surface area (Å²) in [6.07, 6.45) is 2.47. The molecule has 2 N–H and O–H groups in total. The van der Waals surface area contributed by atoms with Crippen molar-refractivity contribution >= 4 is 23.0 Å². The zero-order chi connectivity index (χ0) is 11.9. The van der Waals surface area contributed by atoms with Gasteiger partial charge in [-0.05, 0) is 6.92 Å². The number of rotatable bonds is 6. The average Bonchev–Trinajstić information content (AvgIpc) is 2.83. The SMILES string of the molecule is CCNc1cc(NCCc2cscn2)ncn1. The van der Waals surface area contributed by atoms with Gasteiger partial charge in [-0.2, -0.15) is 0 Å². The predicted octanol–water partition coefficient (Wildman–Crippen LogP) is 2.02. The summed E-state index contributed by atoms with van der Waals surface area (Å²) < 4.78 is 0. The van der Waals surface area contributed by atoms with Crippen molar-refractivity contribution in [1.82, 2.24) is 15.0 Å². The van der Waals surface area contributed by atoms with E-state index >= 15 is 0 Å². The van der Waals surface area contributed by atoms with E-state index in [4.69, 9.17) is 0 Å². The molecule has 2 heterocycles. The van der Waals surface area contributed by atoms with Crippen LogP contribution in [0.3, 0.4) is 0 Å². The van der Waals surface area contributed by atoms with Crippen molar-refractivity contribution in [3.63, 3.8) is 0 Å². The van der Waals surface area contributed by atoms with Gasteiger partial charge in [-0.25, -0.2) is 15.0 Å². The third kappa shape index (κ3) is 3.67. The molecule has 5 nitrogen and oxygen atoms in total. The second-order valence-electron chi connectivity index (χ2n) is 3.48. The maximum Gasteiger partial charge on any atom is 0.131 e. The Morgan fingerprint density at radius 2 is 2.00 bits per heavy atom. The Balaban J connectivity index is 1.84. The van der Waals surface area contributed by atoms with Crippen molar-refractivity contribution in [1.29, 1.82) is 0 Å². The van der Waals surface area contributed by atoms with Gasteiger partial charge in [-0.3, -0.25) is 0 Å². The molecular formula is C11H15N5S. The van der Waals surface area contributed by atoms with Crippen LogP contribution < -0.4 is 10.6 Å². The van der Waals surface area contributed by atoms with Crippen molar-refractivity contribution in [3.05, 3.63) is 29.0 Å². The van der Waals surface area contributed by atoms with Gasteiger partial charge < -0.3 is 10.6 Å². The summed E-state index contributed by atoms with van der Waals surface area (Å²) in [5.74, 6) is 1.69. The Kier molecular flexibility index (Phi) is 4.26. The molecule has 0 atom stereocenters. The second kappa shape index (κ2) is 6.15. The molecule has 0 bridgehead atoms. The van der Waals surface area contributed by atoms with Gasteiger partial charge in [-0.1, -0.05) is 0 Å². The second-order valence-corrected chi connectivity index (χ2v) is 4.19. The van der Waals surface area contributed by atoms with Crippen molar-refractivity contribution in [2.75, 3.05) is 23.7 Å². The smallest absolute Gasteiger partial charge is 0.131 e. The van der Waals surface area contributed by atoms with Crippen LogP contribution in [-0.4, -0.2) is 28.0 Å². The summed E-state index contributed by atoms with van der Waals surface area (Å²) >= 11 is 1.62. The fourth-order valence-corrected chi connectivity index (χ4v) is 2.00. The minimum atomic E-state index is 0.826. The van der Waals surface area contributed by atoms with Crippen LogP contribution in [0.2, 0.25) is 0 Å². The van der Waals surface area contributed by atoms with E-state index in [-0.39, 0.29) is 0 Å². The van der Waals surface area contributed by atoms with E-state index in [2.05, 4.69) is 31.0 Å². The van der Waals surface area contributed by atoms with E-state index in [0.717, 1.165) is 36.8 Å². The van der Waals surface area contributed by atoms with Crippen LogP contribution >= 0.6 is 11.3 Å². The molecule has 0 saturated heterocycles. The largest absolute Gasteiger partial charge is 0.370 e. The first-order valence-corrected chi connectivity index (χ1v) is 6.49. The van der Waals surface area contributed by atoms with Gasteiger partial charge >= 0.3 is 0 Å². The summed E-state index contributed by atoms with van der Waals surface area (Å²) in [6, 6.07) is 1.91. The van der Waals surface area contributed by atoms with Crippen molar-refractivity contribution < 1.29 is 0 Å². The summed E-state index contributed by atoms with van der Waals surface area (Å²) in [5, 5.41) is 8.47. The standard InChI is InChI=1S/C11H15N5S/c1-2-12-10-5-11(15-7-14-10)13-4-3-9-6-17-8-16-9/h5-8H,2-4H2,1H3,(H2,12,13,14,15). The van der Waals surface area contributed by atoms with Gasteiger partial charge in [0.25, 0.3) is 0 Å². The van der Waals surface area contributed by atoms with Gasteiger partial charge in [-0.15, -0.1) is 11.3 Å². The Bertz CT molecular complexity index is 443. The maximum atomic E-state index is 4.23. The van der Waals surface area contributed by atoms with Crippen LogP contribution in [0.1, 0.15) is 12.6 Å². The van der Waals surface area contributed by atoms with Crippen LogP contribution in [0.5, 0.6) is 0 Å². The molecule has 0 amide bonds. The molecule has 0 fully saturated rings. The van der Waals surface area contributed by atoms with Crippen molar-refractivity contribution in [2.24, 2.45) is 0 Å². The summed E-state index contributed by atoms with van der Waals surface area (Å²) in [6.45, 7) is 3.72. The Morgan fingerprint density at radius 3 is 2.71 bits per heavy atom. The van der Waals surface area contributed by atoms with Crippen LogP contribution in [-0.2, 0) is 6.42 Å². The van der Waals surface area contributed by atoms with Crippen molar-refractivity contribution in [3.8, 4) is 0 Å². The van der Waals surface area contributed by atoms with Crippen LogP contribution in [0.15, 0.2) is 23.3 Å². The highest BCUT2D eigenvalue weighted by Crippen LogP contribution is 2.08. The molecule has 0 aliphatic heterocycles. The number of anilines is 2. The van der Waals surface area contributed by atoms with Crippen LogP contribution in [0.25, 0.3) is 0 Å². The topological polar surface area (TPSA) is 62.7 Å². The van der Waals surface area contributed by atoms with E-state index in [1.54, 1.807) is 17.7 Å². The third-order valence-electron chi connectivity index (χ3n) is 2.20. The highest BCUT2D eigenvalue weighted by atomic mass is 32.1. The average molecular weight is 249 g/mol. The quantitative estimate of drug-likeness (QED) is 0.820. The molecule has 0 spiro atoms. The molecule has 17 heavy (non-hydrogen) atoms. The monoisotopic (exact) mass is 249 g/mol. The number of nitrogens with one attached hydrogen (secondary N) is 2. The molecule has 0 saturated carbocycles. The first-order valence-electron chi connectivity index (χ1n) is 5.55. The molecule has 2 aromatic heterocycles.